The number of carbonyl (C=O) groups is 1. The van der Waals surface area contributed by atoms with E-state index in [9.17, 15) is 14.0 Å². The molecule has 1 heterocycles. The van der Waals surface area contributed by atoms with Gasteiger partial charge in [0.05, 0.1) is 22.7 Å². The molecular formula is C21H19FN4O2. The van der Waals surface area contributed by atoms with E-state index in [1.807, 2.05) is 30.3 Å². The Morgan fingerprint density at radius 2 is 1.82 bits per heavy atom. The van der Waals surface area contributed by atoms with E-state index in [2.05, 4.69) is 15.6 Å². The van der Waals surface area contributed by atoms with Crippen molar-refractivity contribution >= 4 is 11.6 Å². The molecule has 7 heteroatoms. The van der Waals surface area contributed by atoms with E-state index in [0.29, 0.717) is 22.7 Å². The summed E-state index contributed by atoms with van der Waals surface area (Å²) >= 11 is 0. The minimum Gasteiger partial charge on any atom is -0.290 e. The van der Waals surface area contributed by atoms with Crippen LogP contribution in [0.1, 0.15) is 25.3 Å². The minimum absolute atomic E-state index is 0.0206. The van der Waals surface area contributed by atoms with Crippen molar-refractivity contribution in [2.45, 2.75) is 19.8 Å². The SMILES string of the molecule is C/C(=N\NC(=O)C1CC1)c1c(-c2ccccc2)[nH]n(-c2ccc(F)cc2)c1=O. The first-order chi connectivity index (χ1) is 13.5. The zero-order valence-electron chi connectivity index (χ0n) is 15.3. The van der Waals surface area contributed by atoms with Crippen molar-refractivity contribution in [3.8, 4) is 16.9 Å². The van der Waals surface area contributed by atoms with E-state index in [1.54, 1.807) is 6.92 Å². The van der Waals surface area contributed by atoms with Crippen molar-refractivity contribution in [2.75, 3.05) is 0 Å². The maximum Gasteiger partial charge on any atom is 0.281 e. The number of aromatic nitrogens is 2. The van der Waals surface area contributed by atoms with Crippen molar-refractivity contribution < 1.29 is 9.18 Å². The zero-order valence-corrected chi connectivity index (χ0v) is 15.3. The standard InChI is InChI=1S/C21H19FN4O2/c1-13(23-24-20(27)15-7-8-15)18-19(14-5-3-2-4-6-14)25-26(21(18)28)17-11-9-16(22)10-12-17/h2-6,9-12,15,25H,7-8H2,1H3,(H,24,27)/b23-13+. The summed E-state index contributed by atoms with van der Waals surface area (Å²) in [5.41, 5.74) is 4.86. The lowest BCUT2D eigenvalue weighted by Crippen LogP contribution is -2.24. The average molecular weight is 378 g/mol. The Morgan fingerprint density at radius 3 is 2.46 bits per heavy atom. The quantitative estimate of drug-likeness (QED) is 0.528. The molecule has 2 N–H and O–H groups in total. The van der Waals surface area contributed by atoms with Crippen LogP contribution in [0.15, 0.2) is 64.5 Å². The molecule has 142 valence electrons. The second-order valence-corrected chi connectivity index (χ2v) is 6.79. The molecule has 0 spiro atoms. The van der Waals surface area contributed by atoms with Gasteiger partial charge in [0.15, 0.2) is 0 Å². The van der Waals surface area contributed by atoms with Gasteiger partial charge in [-0.15, -0.1) is 0 Å². The molecule has 2 aromatic carbocycles. The molecule has 1 fully saturated rings. The molecule has 0 unspecified atom stereocenters. The van der Waals surface area contributed by atoms with Crippen LogP contribution in [-0.2, 0) is 4.79 Å². The zero-order chi connectivity index (χ0) is 19.7. The fraction of sp³-hybridized carbons (Fsp3) is 0.190. The highest BCUT2D eigenvalue weighted by Crippen LogP contribution is 2.28. The first-order valence-corrected chi connectivity index (χ1v) is 9.05. The summed E-state index contributed by atoms with van der Waals surface area (Å²) in [4.78, 5) is 25.0. The van der Waals surface area contributed by atoms with Crippen LogP contribution in [-0.4, -0.2) is 21.4 Å². The summed E-state index contributed by atoms with van der Waals surface area (Å²) in [5.74, 6) is -0.491. The van der Waals surface area contributed by atoms with Gasteiger partial charge in [-0.05, 0) is 44.0 Å². The first kappa shape index (κ1) is 17.9. The smallest absolute Gasteiger partial charge is 0.281 e. The number of nitrogens with one attached hydrogen (secondary N) is 2. The third-order valence-corrected chi connectivity index (χ3v) is 4.68. The molecule has 3 aromatic rings. The molecule has 1 amide bonds. The lowest BCUT2D eigenvalue weighted by Gasteiger charge is -2.03. The molecule has 0 aliphatic heterocycles. The van der Waals surface area contributed by atoms with Crippen LogP contribution in [0.25, 0.3) is 16.9 Å². The average Bonchev–Trinajstić information content (AvgIpc) is 3.50. The Morgan fingerprint density at radius 1 is 1.14 bits per heavy atom. The lowest BCUT2D eigenvalue weighted by molar-refractivity contribution is -0.122. The summed E-state index contributed by atoms with van der Waals surface area (Å²) in [7, 11) is 0. The summed E-state index contributed by atoms with van der Waals surface area (Å²) in [6, 6.07) is 15.0. The molecule has 4 rings (SSSR count). The number of carbonyl (C=O) groups excluding carboxylic acids is 1. The van der Waals surface area contributed by atoms with Gasteiger partial charge in [0.2, 0.25) is 5.91 Å². The Balaban J connectivity index is 1.80. The highest BCUT2D eigenvalue weighted by molar-refractivity contribution is 6.04. The highest BCUT2D eigenvalue weighted by Gasteiger charge is 2.29. The number of hydrogen-bond donors (Lipinski definition) is 2. The molecule has 1 aromatic heterocycles. The number of H-pyrrole nitrogens is 1. The Hall–Kier alpha value is -3.48. The fourth-order valence-electron chi connectivity index (χ4n) is 2.99. The van der Waals surface area contributed by atoms with Crippen molar-refractivity contribution in [2.24, 2.45) is 11.0 Å². The number of hydrogen-bond acceptors (Lipinski definition) is 3. The third kappa shape index (κ3) is 3.51. The Bertz CT molecular complexity index is 1090. The van der Waals surface area contributed by atoms with Gasteiger partial charge in [0.1, 0.15) is 5.82 Å². The van der Waals surface area contributed by atoms with Gasteiger partial charge in [-0.2, -0.15) is 5.10 Å². The van der Waals surface area contributed by atoms with E-state index >= 15 is 0 Å². The predicted molar refractivity (Wildman–Crippen MR) is 105 cm³/mol. The van der Waals surface area contributed by atoms with Gasteiger partial charge in [0.25, 0.3) is 5.56 Å². The summed E-state index contributed by atoms with van der Waals surface area (Å²) in [6.45, 7) is 1.68. The largest absolute Gasteiger partial charge is 0.290 e. The molecule has 1 aliphatic carbocycles. The second-order valence-electron chi connectivity index (χ2n) is 6.79. The van der Waals surface area contributed by atoms with E-state index < -0.39 is 0 Å². The van der Waals surface area contributed by atoms with E-state index in [-0.39, 0.29) is 23.2 Å². The van der Waals surface area contributed by atoms with Gasteiger partial charge in [-0.1, -0.05) is 30.3 Å². The number of benzene rings is 2. The van der Waals surface area contributed by atoms with E-state index in [4.69, 9.17) is 0 Å². The molecule has 1 saturated carbocycles. The van der Waals surface area contributed by atoms with Crippen LogP contribution in [0.5, 0.6) is 0 Å². The van der Waals surface area contributed by atoms with Crippen molar-refractivity contribution in [3.63, 3.8) is 0 Å². The number of hydrazone groups is 1. The van der Waals surface area contributed by atoms with Crippen molar-refractivity contribution in [1.82, 2.24) is 15.2 Å². The molecular weight excluding hydrogens is 359 g/mol. The van der Waals surface area contributed by atoms with Crippen molar-refractivity contribution in [3.05, 3.63) is 76.3 Å². The van der Waals surface area contributed by atoms with Crippen LogP contribution in [0.3, 0.4) is 0 Å². The van der Waals surface area contributed by atoms with E-state index in [0.717, 1.165) is 18.4 Å². The van der Waals surface area contributed by atoms with E-state index in [1.165, 1.54) is 28.9 Å². The van der Waals surface area contributed by atoms with Gasteiger partial charge < -0.3 is 0 Å². The number of amides is 1. The van der Waals surface area contributed by atoms with Crippen LogP contribution in [0.2, 0.25) is 0 Å². The molecule has 28 heavy (non-hydrogen) atoms. The summed E-state index contributed by atoms with van der Waals surface area (Å²) < 4.78 is 14.6. The minimum atomic E-state index is -0.382. The number of halogens is 1. The van der Waals surface area contributed by atoms with Crippen LogP contribution in [0, 0.1) is 11.7 Å². The van der Waals surface area contributed by atoms with Gasteiger partial charge >= 0.3 is 0 Å². The molecule has 6 nitrogen and oxygen atoms in total. The van der Waals surface area contributed by atoms with Crippen LogP contribution in [0.4, 0.5) is 4.39 Å². The topological polar surface area (TPSA) is 79.2 Å². The molecule has 1 aliphatic rings. The van der Waals surface area contributed by atoms with Gasteiger partial charge in [0, 0.05) is 11.5 Å². The number of rotatable bonds is 5. The highest BCUT2D eigenvalue weighted by atomic mass is 19.1. The normalized spacial score (nSPS) is 14.1. The lowest BCUT2D eigenvalue weighted by atomic mass is 10.1. The second kappa shape index (κ2) is 7.26. The van der Waals surface area contributed by atoms with Crippen molar-refractivity contribution in [1.29, 1.82) is 0 Å². The molecule has 0 atom stereocenters. The van der Waals surface area contributed by atoms with Crippen LogP contribution < -0.4 is 11.0 Å². The Kier molecular flexibility index (Phi) is 4.65. The number of aromatic amines is 1. The summed E-state index contributed by atoms with van der Waals surface area (Å²) in [5, 5.41) is 7.24. The third-order valence-electron chi connectivity index (χ3n) is 4.68. The molecule has 0 bridgehead atoms. The fourth-order valence-corrected chi connectivity index (χ4v) is 2.99. The van der Waals surface area contributed by atoms with Crippen LogP contribution >= 0.6 is 0 Å². The predicted octanol–water partition coefficient (Wildman–Crippen LogP) is 3.22. The maximum absolute atomic E-state index is 13.3. The monoisotopic (exact) mass is 378 g/mol. The maximum atomic E-state index is 13.3. The van der Waals surface area contributed by atoms with Gasteiger partial charge in [-0.3, -0.25) is 14.7 Å². The Labute approximate surface area is 160 Å². The molecule has 0 radical (unpaired) electrons. The molecule has 0 saturated heterocycles. The van der Waals surface area contributed by atoms with Gasteiger partial charge in [-0.25, -0.2) is 14.5 Å². The first-order valence-electron chi connectivity index (χ1n) is 9.05. The summed E-state index contributed by atoms with van der Waals surface area (Å²) in [6.07, 6.45) is 1.74. The number of nitrogens with zero attached hydrogens (tertiary/aromatic N) is 2.